The average molecular weight is 295 g/mol. The van der Waals surface area contributed by atoms with Crippen molar-refractivity contribution in [2.75, 3.05) is 6.54 Å². The van der Waals surface area contributed by atoms with Crippen LogP contribution in [0.5, 0.6) is 0 Å². The third-order valence-corrected chi connectivity index (χ3v) is 2.79. The lowest BCUT2D eigenvalue weighted by atomic mass is 10.1. The number of hydrogen-bond donors (Lipinski definition) is 3. The topological polar surface area (TPSA) is 95.9 Å². The van der Waals surface area contributed by atoms with Gasteiger partial charge in [-0.25, -0.2) is 4.79 Å². The monoisotopic (exact) mass is 295 g/mol. The molecule has 3 N–H and O–H groups in total. The molecule has 0 heterocycles. The first-order chi connectivity index (χ1) is 9.90. The molecule has 1 atom stereocenters. The Balaban J connectivity index is 2.42. The van der Waals surface area contributed by atoms with Crippen LogP contribution in [-0.4, -0.2) is 40.8 Å². The van der Waals surface area contributed by atoms with Crippen molar-refractivity contribution in [3.05, 3.63) is 35.4 Å². The number of benzene rings is 1. The predicted octanol–water partition coefficient (Wildman–Crippen LogP) is 1.18. The number of carbonyl (C=O) groups excluding carboxylic acids is 1. The standard InChI is InChI=1S/C15H21NO5/c1-10(2)21-9-11-3-5-12(6-4-11)14(18)16-8-7-13(17)15(19)20/h3-6,10,13,17H,7-9H2,1-2H3,(H,16,18)(H,19,20). The van der Waals surface area contributed by atoms with Crippen molar-refractivity contribution in [3.63, 3.8) is 0 Å². The Morgan fingerprint density at radius 2 is 1.86 bits per heavy atom. The van der Waals surface area contributed by atoms with Crippen LogP contribution in [0.25, 0.3) is 0 Å². The molecule has 1 rings (SSSR count). The molecule has 1 unspecified atom stereocenters. The molecule has 0 bridgehead atoms. The molecule has 0 aliphatic carbocycles. The number of rotatable bonds is 8. The van der Waals surface area contributed by atoms with Crippen LogP contribution in [0, 0.1) is 0 Å². The fraction of sp³-hybridized carbons (Fsp3) is 0.467. The smallest absolute Gasteiger partial charge is 0.332 e. The molecule has 1 aromatic rings. The van der Waals surface area contributed by atoms with Crippen LogP contribution in [0.1, 0.15) is 36.2 Å². The number of nitrogens with one attached hydrogen (secondary N) is 1. The molecular weight excluding hydrogens is 274 g/mol. The number of aliphatic hydroxyl groups is 1. The van der Waals surface area contributed by atoms with Gasteiger partial charge in [-0.3, -0.25) is 4.79 Å². The quantitative estimate of drug-likeness (QED) is 0.669. The fourth-order valence-electron chi connectivity index (χ4n) is 1.56. The Morgan fingerprint density at radius 3 is 2.38 bits per heavy atom. The second kappa shape index (κ2) is 8.39. The zero-order chi connectivity index (χ0) is 15.8. The molecule has 0 fully saturated rings. The van der Waals surface area contributed by atoms with Crippen molar-refractivity contribution in [2.24, 2.45) is 0 Å². The third kappa shape index (κ3) is 6.37. The van der Waals surface area contributed by atoms with Gasteiger partial charge >= 0.3 is 5.97 Å². The molecule has 1 amide bonds. The molecule has 0 saturated carbocycles. The molecule has 6 nitrogen and oxygen atoms in total. The van der Waals surface area contributed by atoms with Crippen LogP contribution in [0.3, 0.4) is 0 Å². The summed E-state index contributed by atoms with van der Waals surface area (Å²) in [5, 5.41) is 20.2. The number of hydrogen-bond acceptors (Lipinski definition) is 4. The summed E-state index contributed by atoms with van der Waals surface area (Å²) in [5.41, 5.74) is 1.45. The molecule has 0 radical (unpaired) electrons. The maximum absolute atomic E-state index is 11.8. The zero-order valence-electron chi connectivity index (χ0n) is 12.2. The average Bonchev–Trinajstić information content (AvgIpc) is 2.45. The van der Waals surface area contributed by atoms with Crippen molar-refractivity contribution in [2.45, 2.75) is 39.1 Å². The Morgan fingerprint density at radius 1 is 1.24 bits per heavy atom. The molecular formula is C15H21NO5. The summed E-state index contributed by atoms with van der Waals surface area (Å²) in [6.45, 7) is 4.50. The van der Waals surface area contributed by atoms with Gasteiger partial charge in [0.1, 0.15) is 0 Å². The largest absolute Gasteiger partial charge is 0.479 e. The van der Waals surface area contributed by atoms with E-state index in [-0.39, 0.29) is 25.0 Å². The van der Waals surface area contributed by atoms with Crippen LogP contribution in [0.2, 0.25) is 0 Å². The molecule has 0 aromatic heterocycles. The third-order valence-electron chi connectivity index (χ3n) is 2.79. The number of ether oxygens (including phenoxy) is 1. The van der Waals surface area contributed by atoms with E-state index in [0.29, 0.717) is 12.2 Å². The van der Waals surface area contributed by atoms with Crippen molar-refractivity contribution >= 4 is 11.9 Å². The Hall–Kier alpha value is -1.92. The van der Waals surface area contributed by atoms with E-state index in [1.54, 1.807) is 12.1 Å². The minimum atomic E-state index is -1.46. The van der Waals surface area contributed by atoms with E-state index in [9.17, 15) is 9.59 Å². The first kappa shape index (κ1) is 17.1. The highest BCUT2D eigenvalue weighted by Gasteiger charge is 2.13. The van der Waals surface area contributed by atoms with Crippen molar-refractivity contribution < 1.29 is 24.5 Å². The van der Waals surface area contributed by atoms with Gasteiger partial charge in [-0.1, -0.05) is 12.1 Å². The minimum Gasteiger partial charge on any atom is -0.479 e. The lowest BCUT2D eigenvalue weighted by Crippen LogP contribution is -2.30. The SMILES string of the molecule is CC(C)OCc1ccc(C(=O)NCCC(O)C(=O)O)cc1. The molecule has 1 aromatic carbocycles. The molecule has 21 heavy (non-hydrogen) atoms. The van der Waals surface area contributed by atoms with Crippen molar-refractivity contribution in [3.8, 4) is 0 Å². The van der Waals surface area contributed by atoms with Crippen LogP contribution >= 0.6 is 0 Å². The summed E-state index contributed by atoms with van der Waals surface area (Å²) in [7, 11) is 0. The van der Waals surface area contributed by atoms with Gasteiger partial charge in [0.15, 0.2) is 6.10 Å². The highest BCUT2D eigenvalue weighted by molar-refractivity contribution is 5.94. The molecule has 0 saturated heterocycles. The molecule has 6 heteroatoms. The predicted molar refractivity (Wildman–Crippen MR) is 77.0 cm³/mol. The number of amides is 1. The van der Waals surface area contributed by atoms with Crippen molar-refractivity contribution in [1.82, 2.24) is 5.32 Å². The molecule has 0 spiro atoms. The molecule has 0 aliphatic heterocycles. The second-order valence-electron chi connectivity index (χ2n) is 4.96. The number of carbonyl (C=O) groups is 2. The summed E-state index contributed by atoms with van der Waals surface area (Å²) in [6, 6.07) is 6.98. The maximum Gasteiger partial charge on any atom is 0.332 e. The molecule has 116 valence electrons. The van der Waals surface area contributed by atoms with Crippen molar-refractivity contribution in [1.29, 1.82) is 0 Å². The highest BCUT2D eigenvalue weighted by Crippen LogP contribution is 2.07. The fourth-order valence-corrected chi connectivity index (χ4v) is 1.56. The van der Waals surface area contributed by atoms with E-state index in [4.69, 9.17) is 14.9 Å². The Labute approximate surface area is 123 Å². The number of carboxylic acid groups (broad SMARTS) is 1. The van der Waals surface area contributed by atoms with E-state index in [1.807, 2.05) is 26.0 Å². The summed E-state index contributed by atoms with van der Waals surface area (Å²) in [6.07, 6.45) is -1.34. The number of aliphatic carboxylic acids is 1. The number of aliphatic hydroxyl groups excluding tert-OH is 1. The van der Waals surface area contributed by atoms with Crippen LogP contribution < -0.4 is 5.32 Å². The van der Waals surface area contributed by atoms with Crippen LogP contribution in [0.15, 0.2) is 24.3 Å². The summed E-state index contributed by atoms with van der Waals surface area (Å²) in [4.78, 5) is 22.2. The normalized spacial score (nSPS) is 12.2. The van der Waals surface area contributed by atoms with E-state index in [1.165, 1.54) is 0 Å². The maximum atomic E-state index is 11.8. The van der Waals surface area contributed by atoms with Gasteiger partial charge in [0.25, 0.3) is 5.91 Å². The van der Waals surface area contributed by atoms with Crippen LogP contribution in [0.4, 0.5) is 0 Å². The van der Waals surface area contributed by atoms with Gasteiger partial charge in [0.05, 0.1) is 12.7 Å². The van der Waals surface area contributed by atoms with Gasteiger partial charge in [-0.15, -0.1) is 0 Å². The molecule has 0 aliphatic rings. The minimum absolute atomic E-state index is 0.0264. The lowest BCUT2D eigenvalue weighted by Gasteiger charge is -2.09. The first-order valence-corrected chi connectivity index (χ1v) is 6.79. The van der Waals surface area contributed by atoms with Gasteiger partial charge in [0.2, 0.25) is 0 Å². The van der Waals surface area contributed by atoms with E-state index in [2.05, 4.69) is 5.32 Å². The van der Waals surface area contributed by atoms with Gasteiger partial charge in [-0.2, -0.15) is 0 Å². The van der Waals surface area contributed by atoms with Gasteiger partial charge in [-0.05, 0) is 31.5 Å². The van der Waals surface area contributed by atoms with E-state index >= 15 is 0 Å². The Kier molecular flexibility index (Phi) is 6.84. The van der Waals surface area contributed by atoms with Gasteiger partial charge in [0, 0.05) is 18.5 Å². The van der Waals surface area contributed by atoms with E-state index in [0.717, 1.165) is 5.56 Å². The summed E-state index contributed by atoms with van der Waals surface area (Å²) < 4.78 is 5.46. The summed E-state index contributed by atoms with van der Waals surface area (Å²) >= 11 is 0. The van der Waals surface area contributed by atoms with Crippen LogP contribution in [-0.2, 0) is 16.1 Å². The number of carboxylic acids is 1. The summed E-state index contributed by atoms with van der Waals surface area (Å²) in [5.74, 6) is -1.59. The zero-order valence-corrected chi connectivity index (χ0v) is 12.2. The highest BCUT2D eigenvalue weighted by atomic mass is 16.5. The van der Waals surface area contributed by atoms with Gasteiger partial charge < -0.3 is 20.3 Å². The Bertz CT molecular complexity index is 469. The first-order valence-electron chi connectivity index (χ1n) is 6.79. The van der Waals surface area contributed by atoms with E-state index < -0.39 is 12.1 Å². The lowest BCUT2D eigenvalue weighted by molar-refractivity contribution is -0.146. The second-order valence-corrected chi connectivity index (χ2v) is 4.96.